The molecule has 0 spiro atoms. The van der Waals surface area contributed by atoms with Crippen molar-refractivity contribution in [2.45, 2.75) is 12.7 Å². The molecule has 0 aliphatic heterocycles. The lowest BCUT2D eigenvalue weighted by Gasteiger charge is -2.08. The molecule has 6 heteroatoms. The molecule has 2 rings (SSSR count). The van der Waals surface area contributed by atoms with Gasteiger partial charge >= 0.3 is 6.18 Å². The zero-order valence-electron chi connectivity index (χ0n) is 9.82. The summed E-state index contributed by atoms with van der Waals surface area (Å²) in [7, 11) is 0. The van der Waals surface area contributed by atoms with Crippen molar-refractivity contribution in [3.05, 3.63) is 53.7 Å². The topological polar surface area (TPSA) is 48.1 Å². The van der Waals surface area contributed by atoms with E-state index in [1.807, 2.05) is 6.07 Å². The van der Waals surface area contributed by atoms with E-state index in [-0.39, 0.29) is 5.88 Å². The van der Waals surface area contributed by atoms with Crippen molar-refractivity contribution in [1.82, 2.24) is 4.98 Å². The summed E-state index contributed by atoms with van der Waals surface area (Å²) in [6, 6.07) is 9.07. The molecule has 0 saturated heterocycles. The number of hydrogen-bond donors (Lipinski definition) is 1. The van der Waals surface area contributed by atoms with E-state index < -0.39 is 11.7 Å². The van der Waals surface area contributed by atoms with Gasteiger partial charge in [0.05, 0.1) is 5.56 Å². The minimum Gasteiger partial charge on any atom is -0.439 e. The number of alkyl halides is 3. The molecule has 0 saturated carbocycles. The fourth-order valence-corrected chi connectivity index (χ4v) is 1.47. The average Bonchev–Trinajstić information content (AvgIpc) is 2.38. The van der Waals surface area contributed by atoms with Crippen LogP contribution in [-0.2, 0) is 12.7 Å². The number of nitrogens with zero attached hydrogens (tertiary/aromatic N) is 1. The zero-order chi connectivity index (χ0) is 13.9. The van der Waals surface area contributed by atoms with Gasteiger partial charge in [-0.05, 0) is 23.8 Å². The first-order chi connectivity index (χ1) is 8.99. The molecular formula is C13H11F3N2O. The molecule has 1 aromatic heterocycles. The number of ether oxygens (including phenoxy) is 1. The first kappa shape index (κ1) is 13.4. The summed E-state index contributed by atoms with van der Waals surface area (Å²) in [4.78, 5) is 3.62. The third-order valence-corrected chi connectivity index (χ3v) is 2.42. The maximum Gasteiger partial charge on any atom is 0.417 e. The van der Waals surface area contributed by atoms with Crippen molar-refractivity contribution in [2.24, 2.45) is 5.73 Å². The zero-order valence-corrected chi connectivity index (χ0v) is 9.82. The van der Waals surface area contributed by atoms with E-state index in [2.05, 4.69) is 4.98 Å². The predicted octanol–water partition coefficient (Wildman–Crippen LogP) is 3.35. The number of pyridine rings is 1. The Balaban J connectivity index is 2.15. The quantitative estimate of drug-likeness (QED) is 0.928. The predicted molar refractivity (Wildman–Crippen MR) is 63.6 cm³/mol. The van der Waals surface area contributed by atoms with Crippen LogP contribution in [0.5, 0.6) is 11.6 Å². The molecule has 0 atom stereocenters. The second kappa shape index (κ2) is 5.27. The molecule has 19 heavy (non-hydrogen) atoms. The van der Waals surface area contributed by atoms with Crippen molar-refractivity contribution in [3.8, 4) is 11.6 Å². The van der Waals surface area contributed by atoms with Gasteiger partial charge in [-0.3, -0.25) is 0 Å². The Hall–Kier alpha value is -2.08. The van der Waals surface area contributed by atoms with Gasteiger partial charge in [-0.25, -0.2) is 4.98 Å². The summed E-state index contributed by atoms with van der Waals surface area (Å²) in [6.45, 7) is 0.359. The van der Waals surface area contributed by atoms with Gasteiger partial charge in [-0.1, -0.05) is 12.1 Å². The van der Waals surface area contributed by atoms with Gasteiger partial charge in [0.25, 0.3) is 0 Å². The second-order valence-electron chi connectivity index (χ2n) is 3.84. The molecule has 0 aliphatic carbocycles. The summed E-state index contributed by atoms with van der Waals surface area (Å²) >= 11 is 0. The molecule has 1 heterocycles. The molecule has 0 fully saturated rings. The monoisotopic (exact) mass is 268 g/mol. The normalized spacial score (nSPS) is 11.4. The summed E-state index contributed by atoms with van der Waals surface area (Å²) in [5.74, 6) is 0.581. The standard InChI is InChI=1S/C13H11F3N2O/c14-13(15,16)10-4-5-12(18-8-10)19-11-3-1-2-9(6-11)7-17/h1-6,8H,7,17H2. The molecule has 3 nitrogen and oxygen atoms in total. The van der Waals surface area contributed by atoms with Crippen molar-refractivity contribution >= 4 is 0 Å². The van der Waals surface area contributed by atoms with Crippen LogP contribution < -0.4 is 10.5 Å². The Morgan fingerprint density at radius 1 is 1.16 bits per heavy atom. The van der Waals surface area contributed by atoms with E-state index in [0.717, 1.165) is 17.8 Å². The molecular weight excluding hydrogens is 257 g/mol. The molecule has 0 amide bonds. The van der Waals surface area contributed by atoms with Gasteiger partial charge in [0.15, 0.2) is 0 Å². The third-order valence-electron chi connectivity index (χ3n) is 2.42. The van der Waals surface area contributed by atoms with Crippen molar-refractivity contribution < 1.29 is 17.9 Å². The number of aromatic nitrogens is 1. The average molecular weight is 268 g/mol. The molecule has 0 bridgehead atoms. The lowest BCUT2D eigenvalue weighted by molar-refractivity contribution is -0.137. The van der Waals surface area contributed by atoms with Crippen LogP contribution in [0.4, 0.5) is 13.2 Å². The van der Waals surface area contributed by atoms with Crippen LogP contribution in [0.25, 0.3) is 0 Å². The maximum atomic E-state index is 12.4. The molecule has 0 unspecified atom stereocenters. The SMILES string of the molecule is NCc1cccc(Oc2ccc(C(F)(F)F)cn2)c1. The minimum atomic E-state index is -4.40. The van der Waals surface area contributed by atoms with Gasteiger partial charge < -0.3 is 10.5 Å². The first-order valence-electron chi connectivity index (χ1n) is 5.49. The van der Waals surface area contributed by atoms with Crippen LogP contribution in [-0.4, -0.2) is 4.98 Å². The summed E-state index contributed by atoms with van der Waals surface area (Å²) in [5, 5.41) is 0. The summed E-state index contributed by atoms with van der Waals surface area (Å²) in [6.07, 6.45) is -3.66. The Bertz CT molecular complexity index is 553. The van der Waals surface area contributed by atoms with E-state index in [1.165, 1.54) is 6.07 Å². The van der Waals surface area contributed by atoms with Crippen LogP contribution in [0.15, 0.2) is 42.6 Å². The summed E-state index contributed by atoms with van der Waals surface area (Å²) in [5.41, 5.74) is 5.54. The molecule has 100 valence electrons. The highest BCUT2D eigenvalue weighted by molar-refractivity contribution is 5.32. The van der Waals surface area contributed by atoms with Crippen LogP contribution in [0.2, 0.25) is 0 Å². The Kier molecular flexibility index (Phi) is 3.71. The third kappa shape index (κ3) is 3.45. The van der Waals surface area contributed by atoms with Crippen LogP contribution in [0.1, 0.15) is 11.1 Å². The Morgan fingerprint density at radius 2 is 1.95 bits per heavy atom. The van der Waals surface area contributed by atoms with Crippen molar-refractivity contribution in [1.29, 1.82) is 0 Å². The van der Waals surface area contributed by atoms with E-state index in [4.69, 9.17) is 10.5 Å². The minimum absolute atomic E-state index is 0.0992. The Morgan fingerprint density at radius 3 is 2.53 bits per heavy atom. The van der Waals surface area contributed by atoms with E-state index >= 15 is 0 Å². The van der Waals surface area contributed by atoms with Gasteiger partial charge in [0.1, 0.15) is 5.75 Å². The van der Waals surface area contributed by atoms with Gasteiger partial charge in [-0.15, -0.1) is 0 Å². The smallest absolute Gasteiger partial charge is 0.417 e. The molecule has 2 aromatic rings. The number of benzene rings is 1. The highest BCUT2D eigenvalue weighted by Crippen LogP contribution is 2.30. The van der Waals surface area contributed by atoms with Gasteiger partial charge in [0.2, 0.25) is 5.88 Å². The number of halogens is 3. The van der Waals surface area contributed by atoms with Crippen molar-refractivity contribution in [3.63, 3.8) is 0 Å². The lowest BCUT2D eigenvalue weighted by Crippen LogP contribution is -2.05. The fourth-order valence-electron chi connectivity index (χ4n) is 1.47. The van der Waals surface area contributed by atoms with Gasteiger partial charge in [0, 0.05) is 18.8 Å². The van der Waals surface area contributed by atoms with E-state index in [1.54, 1.807) is 18.2 Å². The first-order valence-corrected chi connectivity index (χ1v) is 5.49. The van der Waals surface area contributed by atoms with Crippen molar-refractivity contribution in [2.75, 3.05) is 0 Å². The highest BCUT2D eigenvalue weighted by Gasteiger charge is 2.30. The molecule has 2 N–H and O–H groups in total. The van der Waals surface area contributed by atoms with Gasteiger partial charge in [-0.2, -0.15) is 13.2 Å². The van der Waals surface area contributed by atoms with Crippen LogP contribution >= 0.6 is 0 Å². The van der Waals surface area contributed by atoms with Crippen LogP contribution in [0, 0.1) is 0 Å². The second-order valence-corrected chi connectivity index (χ2v) is 3.84. The number of hydrogen-bond acceptors (Lipinski definition) is 3. The van der Waals surface area contributed by atoms with E-state index in [9.17, 15) is 13.2 Å². The van der Waals surface area contributed by atoms with Crippen LogP contribution in [0.3, 0.4) is 0 Å². The summed E-state index contributed by atoms with van der Waals surface area (Å²) < 4.78 is 42.4. The molecule has 0 aliphatic rings. The molecule has 1 aromatic carbocycles. The lowest BCUT2D eigenvalue weighted by atomic mass is 10.2. The highest BCUT2D eigenvalue weighted by atomic mass is 19.4. The molecule has 0 radical (unpaired) electrons. The van der Waals surface area contributed by atoms with E-state index in [0.29, 0.717) is 12.3 Å². The number of nitrogens with two attached hydrogens (primary N) is 1. The Labute approximate surface area is 107 Å². The largest absolute Gasteiger partial charge is 0.439 e. The maximum absolute atomic E-state index is 12.4. The number of rotatable bonds is 3. The fraction of sp³-hybridized carbons (Fsp3) is 0.154.